The average Bonchev–Trinajstić information content (AvgIpc) is 2.54. The minimum atomic E-state index is -0.267. The number of hydrogen-bond acceptors (Lipinski definition) is 2. The van der Waals surface area contributed by atoms with Gasteiger partial charge in [0.05, 0.1) is 0 Å². The predicted molar refractivity (Wildman–Crippen MR) is 106 cm³/mol. The van der Waals surface area contributed by atoms with Gasteiger partial charge in [0, 0.05) is 12.5 Å². The summed E-state index contributed by atoms with van der Waals surface area (Å²) in [5, 5.41) is 8.89. The fourth-order valence-electron chi connectivity index (χ4n) is 2.87. The van der Waals surface area contributed by atoms with Crippen LogP contribution < -0.4 is 5.73 Å². The normalized spacial score (nSPS) is 12.2. The standard InChI is InChI=1S/C20H39NO2.ClH/c1-2-3-4-5-6-7-8-9-10-11-12-13-14-15-16-19(17-18-22)20(21)23;/h9-10,19,22H,2-8,11-18H2,1H3,(H2,21,23);1H. The molecule has 0 bridgehead atoms. The first kappa shape index (κ1) is 25.7. The second-order valence-corrected chi connectivity index (χ2v) is 6.63. The van der Waals surface area contributed by atoms with E-state index < -0.39 is 0 Å². The van der Waals surface area contributed by atoms with Crippen molar-refractivity contribution in [2.24, 2.45) is 11.7 Å². The molecule has 144 valence electrons. The number of aliphatic hydroxyl groups excluding tert-OH is 1. The third kappa shape index (κ3) is 17.8. The lowest BCUT2D eigenvalue weighted by Gasteiger charge is -2.10. The smallest absolute Gasteiger partial charge is 0.220 e. The molecule has 0 fully saturated rings. The van der Waals surface area contributed by atoms with Gasteiger partial charge in [-0.15, -0.1) is 12.4 Å². The molecule has 0 aromatic carbocycles. The van der Waals surface area contributed by atoms with Crippen molar-refractivity contribution in [1.82, 2.24) is 0 Å². The van der Waals surface area contributed by atoms with Crippen LogP contribution in [-0.4, -0.2) is 17.6 Å². The van der Waals surface area contributed by atoms with E-state index in [1.54, 1.807) is 0 Å². The zero-order valence-corrected chi connectivity index (χ0v) is 16.5. The van der Waals surface area contributed by atoms with E-state index in [-0.39, 0.29) is 30.8 Å². The Bertz CT molecular complexity index is 295. The molecule has 3 nitrogen and oxygen atoms in total. The highest BCUT2D eigenvalue weighted by molar-refractivity contribution is 5.85. The van der Waals surface area contributed by atoms with Crippen LogP contribution in [0.1, 0.15) is 96.8 Å². The molecule has 1 unspecified atom stereocenters. The zero-order chi connectivity index (χ0) is 17.2. The summed E-state index contributed by atoms with van der Waals surface area (Å²) >= 11 is 0. The van der Waals surface area contributed by atoms with E-state index in [1.807, 2.05) is 0 Å². The monoisotopic (exact) mass is 361 g/mol. The molecule has 0 rings (SSSR count). The van der Waals surface area contributed by atoms with E-state index in [9.17, 15) is 4.79 Å². The van der Waals surface area contributed by atoms with Gasteiger partial charge in [-0.25, -0.2) is 0 Å². The van der Waals surface area contributed by atoms with Gasteiger partial charge in [0.1, 0.15) is 0 Å². The predicted octanol–water partition coefficient (Wildman–Crippen LogP) is 5.54. The van der Waals surface area contributed by atoms with Crippen molar-refractivity contribution in [3.8, 4) is 0 Å². The number of carbonyl (C=O) groups excluding carboxylic acids is 1. The quantitative estimate of drug-likeness (QED) is 0.264. The van der Waals surface area contributed by atoms with Crippen molar-refractivity contribution in [1.29, 1.82) is 0 Å². The number of hydrogen-bond donors (Lipinski definition) is 2. The second-order valence-electron chi connectivity index (χ2n) is 6.63. The maximum Gasteiger partial charge on any atom is 0.220 e. The summed E-state index contributed by atoms with van der Waals surface area (Å²) in [6.07, 6.45) is 21.2. The molecule has 3 N–H and O–H groups in total. The molecule has 0 aromatic rings. The Hall–Kier alpha value is -0.540. The van der Waals surface area contributed by atoms with Crippen molar-refractivity contribution in [3.63, 3.8) is 0 Å². The van der Waals surface area contributed by atoms with Crippen molar-refractivity contribution in [3.05, 3.63) is 12.2 Å². The van der Waals surface area contributed by atoms with Crippen molar-refractivity contribution in [2.75, 3.05) is 6.61 Å². The van der Waals surface area contributed by atoms with Gasteiger partial charge >= 0.3 is 0 Å². The molecule has 0 radical (unpaired) electrons. The molecular weight excluding hydrogens is 322 g/mol. The van der Waals surface area contributed by atoms with Gasteiger partial charge in [0.2, 0.25) is 5.91 Å². The summed E-state index contributed by atoms with van der Waals surface area (Å²) in [6.45, 7) is 2.31. The van der Waals surface area contributed by atoms with Crippen LogP contribution in [0.25, 0.3) is 0 Å². The Kier molecular flexibility index (Phi) is 22.0. The van der Waals surface area contributed by atoms with E-state index in [1.165, 1.54) is 64.2 Å². The van der Waals surface area contributed by atoms with E-state index in [4.69, 9.17) is 10.8 Å². The number of halogens is 1. The molecule has 4 heteroatoms. The van der Waals surface area contributed by atoms with Crippen LogP contribution in [0.15, 0.2) is 12.2 Å². The van der Waals surface area contributed by atoms with E-state index >= 15 is 0 Å². The van der Waals surface area contributed by atoms with Gasteiger partial charge < -0.3 is 10.8 Å². The molecule has 24 heavy (non-hydrogen) atoms. The first-order valence-corrected chi connectivity index (χ1v) is 9.77. The van der Waals surface area contributed by atoms with Crippen LogP contribution in [0, 0.1) is 5.92 Å². The largest absolute Gasteiger partial charge is 0.396 e. The topological polar surface area (TPSA) is 63.3 Å². The summed E-state index contributed by atoms with van der Waals surface area (Å²) in [7, 11) is 0. The Morgan fingerprint density at radius 2 is 1.38 bits per heavy atom. The fraction of sp³-hybridized carbons (Fsp3) is 0.850. The SMILES string of the molecule is CCCCCCCCC=CCCCCCCC(CCO)C(N)=O.Cl. The molecule has 1 amide bonds. The Morgan fingerprint density at radius 3 is 1.88 bits per heavy atom. The summed E-state index contributed by atoms with van der Waals surface area (Å²) in [6, 6.07) is 0. The third-order valence-corrected chi connectivity index (χ3v) is 4.44. The summed E-state index contributed by atoms with van der Waals surface area (Å²) < 4.78 is 0. The minimum absolute atomic E-state index is 0. The van der Waals surface area contributed by atoms with Gasteiger partial charge in [0.25, 0.3) is 0 Å². The molecule has 0 spiro atoms. The highest BCUT2D eigenvalue weighted by Gasteiger charge is 2.13. The van der Waals surface area contributed by atoms with Gasteiger partial charge in [-0.05, 0) is 38.5 Å². The van der Waals surface area contributed by atoms with E-state index in [0.29, 0.717) is 6.42 Å². The summed E-state index contributed by atoms with van der Waals surface area (Å²) in [5.74, 6) is -0.408. The number of primary amides is 1. The van der Waals surface area contributed by atoms with Crippen molar-refractivity contribution in [2.45, 2.75) is 96.8 Å². The molecular formula is C20H40ClNO2. The van der Waals surface area contributed by atoms with Crippen LogP contribution in [0.4, 0.5) is 0 Å². The molecule has 0 aliphatic carbocycles. The van der Waals surface area contributed by atoms with Crippen LogP contribution in [0.2, 0.25) is 0 Å². The molecule has 0 aliphatic heterocycles. The lowest BCUT2D eigenvalue weighted by molar-refractivity contribution is -0.122. The number of nitrogens with two attached hydrogens (primary N) is 1. The van der Waals surface area contributed by atoms with Gasteiger partial charge in [-0.1, -0.05) is 70.4 Å². The highest BCUT2D eigenvalue weighted by Crippen LogP contribution is 2.14. The zero-order valence-electron chi connectivity index (χ0n) is 15.7. The molecule has 0 aromatic heterocycles. The van der Waals surface area contributed by atoms with Gasteiger partial charge in [-0.3, -0.25) is 4.79 Å². The molecule has 0 saturated heterocycles. The summed E-state index contributed by atoms with van der Waals surface area (Å²) in [5.41, 5.74) is 5.32. The van der Waals surface area contributed by atoms with Crippen LogP contribution in [-0.2, 0) is 4.79 Å². The van der Waals surface area contributed by atoms with Gasteiger partial charge in [-0.2, -0.15) is 0 Å². The van der Waals surface area contributed by atoms with Gasteiger partial charge in [0.15, 0.2) is 0 Å². The third-order valence-electron chi connectivity index (χ3n) is 4.44. The first-order valence-electron chi connectivity index (χ1n) is 9.77. The Labute approximate surface area is 155 Å². The number of aliphatic hydroxyl groups is 1. The average molecular weight is 362 g/mol. The minimum Gasteiger partial charge on any atom is -0.396 e. The Morgan fingerprint density at radius 1 is 0.875 bits per heavy atom. The number of amides is 1. The maximum atomic E-state index is 11.2. The van der Waals surface area contributed by atoms with E-state index in [2.05, 4.69) is 19.1 Å². The van der Waals surface area contributed by atoms with Crippen LogP contribution in [0.3, 0.4) is 0 Å². The molecule has 0 aliphatic rings. The fourth-order valence-corrected chi connectivity index (χ4v) is 2.87. The number of allylic oxidation sites excluding steroid dienone is 2. The number of unbranched alkanes of at least 4 members (excludes halogenated alkanes) is 10. The van der Waals surface area contributed by atoms with Crippen molar-refractivity contribution < 1.29 is 9.90 Å². The van der Waals surface area contributed by atoms with E-state index in [0.717, 1.165) is 19.3 Å². The lowest BCUT2D eigenvalue weighted by atomic mass is 9.97. The number of carbonyl (C=O) groups is 1. The van der Waals surface area contributed by atoms with Crippen molar-refractivity contribution >= 4 is 18.3 Å². The second kappa shape index (κ2) is 20.5. The number of rotatable bonds is 17. The van der Waals surface area contributed by atoms with Crippen LogP contribution in [0.5, 0.6) is 0 Å². The summed E-state index contributed by atoms with van der Waals surface area (Å²) in [4.78, 5) is 11.2. The Balaban J connectivity index is 0. The molecule has 0 heterocycles. The lowest BCUT2D eigenvalue weighted by Crippen LogP contribution is -2.24. The molecule has 0 saturated carbocycles. The maximum absolute atomic E-state index is 11.2. The van der Waals surface area contributed by atoms with Crippen LogP contribution >= 0.6 is 12.4 Å². The molecule has 1 atom stereocenters. The first-order chi connectivity index (χ1) is 11.2. The highest BCUT2D eigenvalue weighted by atomic mass is 35.5.